The third kappa shape index (κ3) is 4.30. The number of nitrogens with zero attached hydrogens (tertiary/aromatic N) is 1. The number of nitrogens with two attached hydrogens (primary N) is 2. The zero-order valence-corrected chi connectivity index (χ0v) is 10.4. The molecular weight excluding hydrogens is 262 g/mol. The zero-order chi connectivity index (χ0) is 15.1. The first-order chi connectivity index (χ1) is 9.41. The quantitative estimate of drug-likeness (QED) is 0.599. The van der Waals surface area contributed by atoms with E-state index in [0.29, 0.717) is 11.3 Å². The number of aromatic carboxylic acids is 1. The molecule has 1 heterocycles. The van der Waals surface area contributed by atoms with Crippen LogP contribution in [-0.4, -0.2) is 27.1 Å². The molecule has 0 saturated heterocycles. The number of pyridine rings is 1. The second-order valence-corrected chi connectivity index (χ2v) is 3.69. The summed E-state index contributed by atoms with van der Waals surface area (Å²) in [7, 11) is 0. The van der Waals surface area contributed by atoms with Gasteiger partial charge < -0.3 is 21.7 Å². The van der Waals surface area contributed by atoms with Gasteiger partial charge in [-0.1, -0.05) is 0 Å². The highest BCUT2D eigenvalue weighted by Gasteiger charge is 2.07. The molecule has 0 aliphatic heterocycles. The number of aromatic hydroxyl groups is 1. The lowest BCUT2D eigenvalue weighted by Gasteiger charge is -1.98. The van der Waals surface area contributed by atoms with Crippen LogP contribution >= 0.6 is 0 Å². The molecule has 7 nitrogen and oxygen atoms in total. The highest BCUT2D eigenvalue weighted by atomic mass is 16.4. The first-order valence-electron chi connectivity index (χ1n) is 5.43. The van der Waals surface area contributed by atoms with Gasteiger partial charge in [0.25, 0.3) is 0 Å². The molecule has 2 aromatic rings. The highest BCUT2D eigenvalue weighted by molar-refractivity contribution is 5.92. The molecule has 0 atom stereocenters. The van der Waals surface area contributed by atoms with Gasteiger partial charge >= 0.3 is 5.97 Å². The number of carboxylic acids is 1. The van der Waals surface area contributed by atoms with E-state index in [1.54, 1.807) is 18.3 Å². The number of rotatable bonds is 2. The average molecular weight is 275 g/mol. The lowest BCUT2D eigenvalue weighted by molar-refractivity contribution is 0.0693. The van der Waals surface area contributed by atoms with E-state index < -0.39 is 11.9 Å². The summed E-state index contributed by atoms with van der Waals surface area (Å²) in [6.45, 7) is 0. The Morgan fingerprint density at radius 2 is 1.90 bits per heavy atom. The number of hydrogen-bond acceptors (Lipinski definition) is 5. The maximum Gasteiger partial charge on any atom is 0.339 e. The number of anilines is 1. The Hall–Kier alpha value is -3.09. The van der Waals surface area contributed by atoms with Crippen LogP contribution in [0.25, 0.3) is 0 Å². The summed E-state index contributed by atoms with van der Waals surface area (Å²) in [6, 6.07) is 7.16. The number of carbonyl (C=O) groups is 2. The number of phenols is 1. The van der Waals surface area contributed by atoms with E-state index in [0.717, 1.165) is 0 Å². The van der Waals surface area contributed by atoms with Gasteiger partial charge in [0, 0.05) is 24.1 Å². The topological polar surface area (TPSA) is 140 Å². The van der Waals surface area contributed by atoms with Gasteiger partial charge in [-0.3, -0.25) is 9.78 Å². The summed E-state index contributed by atoms with van der Waals surface area (Å²) < 4.78 is 0. The van der Waals surface area contributed by atoms with Crippen molar-refractivity contribution in [1.82, 2.24) is 4.98 Å². The normalized spacial score (nSPS) is 9.20. The molecule has 0 fully saturated rings. The third-order valence-electron chi connectivity index (χ3n) is 2.20. The summed E-state index contributed by atoms with van der Waals surface area (Å²) in [5, 5.41) is 17.5. The molecule has 1 amide bonds. The number of nitrogen functional groups attached to an aromatic ring is 1. The van der Waals surface area contributed by atoms with E-state index in [2.05, 4.69) is 4.98 Å². The number of amides is 1. The average Bonchev–Trinajstić information content (AvgIpc) is 2.40. The predicted octanol–water partition coefficient (Wildman–Crippen LogP) is 0.853. The van der Waals surface area contributed by atoms with E-state index in [-0.39, 0.29) is 11.3 Å². The van der Waals surface area contributed by atoms with Crippen LogP contribution < -0.4 is 11.5 Å². The molecule has 0 aliphatic carbocycles. The largest absolute Gasteiger partial charge is 0.507 e. The Morgan fingerprint density at radius 3 is 2.30 bits per heavy atom. The minimum atomic E-state index is -1.16. The predicted molar refractivity (Wildman–Crippen MR) is 72.2 cm³/mol. The first-order valence-corrected chi connectivity index (χ1v) is 5.43. The number of aromatic nitrogens is 1. The van der Waals surface area contributed by atoms with Gasteiger partial charge in [-0.05, 0) is 24.3 Å². The zero-order valence-electron chi connectivity index (χ0n) is 10.4. The molecule has 2 rings (SSSR count). The van der Waals surface area contributed by atoms with Crippen molar-refractivity contribution < 1.29 is 19.8 Å². The molecule has 1 aromatic heterocycles. The minimum absolute atomic E-state index is 0.140. The summed E-state index contributed by atoms with van der Waals surface area (Å²) in [6.07, 6.45) is 3.02. The van der Waals surface area contributed by atoms with E-state index in [4.69, 9.17) is 21.7 Å². The molecule has 0 radical (unpaired) electrons. The van der Waals surface area contributed by atoms with Crippen molar-refractivity contribution in [2.45, 2.75) is 0 Å². The molecule has 1 aromatic carbocycles. The monoisotopic (exact) mass is 275 g/mol. The van der Waals surface area contributed by atoms with Crippen molar-refractivity contribution in [1.29, 1.82) is 0 Å². The molecule has 0 aliphatic rings. The molecule has 20 heavy (non-hydrogen) atoms. The molecule has 0 spiro atoms. The standard InChI is InChI=1S/C7H7NO3.C6H6N2O/c8-4-1-2-5(7(10)11)6(9)3-4;7-6(9)5-2-1-3-8-4-5/h1-3,9H,8H2,(H,10,11);1-4H,(H2,7,9). The van der Waals surface area contributed by atoms with Gasteiger partial charge in [0.2, 0.25) is 5.91 Å². The van der Waals surface area contributed by atoms with E-state index in [9.17, 15) is 9.59 Å². The van der Waals surface area contributed by atoms with Gasteiger partial charge in [0.15, 0.2) is 0 Å². The number of primary amides is 1. The number of hydrogen-bond donors (Lipinski definition) is 4. The second kappa shape index (κ2) is 6.74. The van der Waals surface area contributed by atoms with Crippen LogP contribution in [0.4, 0.5) is 5.69 Å². The molecule has 6 N–H and O–H groups in total. The van der Waals surface area contributed by atoms with Crippen LogP contribution in [0.3, 0.4) is 0 Å². The molecular formula is C13H13N3O4. The smallest absolute Gasteiger partial charge is 0.339 e. The summed E-state index contributed by atoms with van der Waals surface area (Å²) in [4.78, 5) is 24.4. The second-order valence-electron chi connectivity index (χ2n) is 3.69. The van der Waals surface area contributed by atoms with Crippen LogP contribution in [0.5, 0.6) is 5.75 Å². The van der Waals surface area contributed by atoms with E-state index in [1.165, 1.54) is 24.4 Å². The van der Waals surface area contributed by atoms with Crippen molar-refractivity contribution in [3.05, 3.63) is 53.9 Å². The fourth-order valence-electron chi connectivity index (χ4n) is 1.24. The Balaban J connectivity index is 0.000000204. The van der Waals surface area contributed by atoms with Gasteiger partial charge in [0.05, 0.1) is 5.56 Å². The van der Waals surface area contributed by atoms with Crippen LogP contribution in [0.15, 0.2) is 42.7 Å². The fraction of sp³-hybridized carbons (Fsp3) is 0. The Kier molecular flexibility index (Phi) is 5.04. The first kappa shape index (κ1) is 15.0. The van der Waals surface area contributed by atoms with Gasteiger partial charge in [-0.25, -0.2) is 4.79 Å². The van der Waals surface area contributed by atoms with Crippen LogP contribution in [0.1, 0.15) is 20.7 Å². The maximum atomic E-state index is 10.4. The fourth-order valence-corrected chi connectivity index (χ4v) is 1.24. The summed E-state index contributed by atoms with van der Waals surface area (Å²) >= 11 is 0. The number of benzene rings is 1. The molecule has 0 unspecified atom stereocenters. The molecule has 0 bridgehead atoms. The van der Waals surface area contributed by atoms with Crippen molar-refractivity contribution in [2.75, 3.05) is 5.73 Å². The van der Waals surface area contributed by atoms with E-state index in [1.807, 2.05) is 0 Å². The van der Waals surface area contributed by atoms with Crippen molar-refractivity contribution >= 4 is 17.6 Å². The van der Waals surface area contributed by atoms with Crippen molar-refractivity contribution in [3.63, 3.8) is 0 Å². The number of carboxylic acid groups (broad SMARTS) is 1. The van der Waals surface area contributed by atoms with Crippen molar-refractivity contribution in [3.8, 4) is 5.75 Å². The van der Waals surface area contributed by atoms with Gasteiger partial charge in [-0.15, -0.1) is 0 Å². The van der Waals surface area contributed by atoms with Crippen LogP contribution in [-0.2, 0) is 0 Å². The Morgan fingerprint density at radius 1 is 1.20 bits per heavy atom. The summed E-state index contributed by atoms with van der Waals surface area (Å²) in [5.74, 6) is -1.91. The number of carbonyl (C=O) groups excluding carboxylic acids is 1. The SMILES string of the molecule is NC(=O)c1cccnc1.Nc1ccc(C(=O)O)c(O)c1. The Bertz CT molecular complexity index is 614. The minimum Gasteiger partial charge on any atom is -0.507 e. The summed E-state index contributed by atoms with van der Waals surface area (Å²) in [5.41, 5.74) is 10.9. The molecule has 7 heteroatoms. The van der Waals surface area contributed by atoms with Crippen LogP contribution in [0.2, 0.25) is 0 Å². The third-order valence-corrected chi connectivity index (χ3v) is 2.20. The lowest BCUT2D eigenvalue weighted by atomic mass is 10.2. The Labute approximate surface area is 114 Å². The maximum absolute atomic E-state index is 10.4. The van der Waals surface area contributed by atoms with Gasteiger partial charge in [-0.2, -0.15) is 0 Å². The highest BCUT2D eigenvalue weighted by Crippen LogP contribution is 2.19. The molecule has 0 saturated carbocycles. The van der Waals surface area contributed by atoms with Crippen molar-refractivity contribution in [2.24, 2.45) is 5.73 Å². The van der Waals surface area contributed by atoms with Crippen LogP contribution in [0, 0.1) is 0 Å². The van der Waals surface area contributed by atoms with Gasteiger partial charge in [0.1, 0.15) is 11.3 Å². The lowest BCUT2D eigenvalue weighted by Crippen LogP contribution is -2.10. The van der Waals surface area contributed by atoms with E-state index >= 15 is 0 Å². The molecule has 104 valence electrons.